The van der Waals surface area contributed by atoms with Gasteiger partial charge in [0.25, 0.3) is 5.91 Å². The van der Waals surface area contributed by atoms with E-state index < -0.39 is 17.7 Å². The van der Waals surface area contributed by atoms with Crippen molar-refractivity contribution in [3.63, 3.8) is 0 Å². The van der Waals surface area contributed by atoms with Crippen molar-refractivity contribution in [2.24, 2.45) is 0 Å². The Bertz CT molecular complexity index is 1530. The van der Waals surface area contributed by atoms with Crippen LogP contribution in [0.4, 0.5) is 10.5 Å². The van der Waals surface area contributed by atoms with Crippen LogP contribution in [-0.2, 0) is 0 Å². The van der Waals surface area contributed by atoms with E-state index in [1.54, 1.807) is 37.4 Å². The summed E-state index contributed by atoms with van der Waals surface area (Å²) in [5.41, 5.74) is 7.65. The third-order valence-electron chi connectivity index (χ3n) is 5.69. The molecule has 0 saturated heterocycles. The summed E-state index contributed by atoms with van der Waals surface area (Å²) in [6.07, 6.45) is 0. The first-order valence-corrected chi connectivity index (χ1v) is 10.7. The molecule has 5 rings (SSSR count). The number of urea groups is 1. The Morgan fingerprint density at radius 3 is 2.44 bits per heavy atom. The fourth-order valence-electron chi connectivity index (χ4n) is 3.95. The SMILES string of the molecule is COc1ccc(-c2[nH]nc3c2C(=O)c2c(NC(=O)NNC(=O)c4ccc(O)c(O)c4)cccc2-3)cc1. The standard InChI is InChI=1S/C25H19N5O6/c1-36-14-8-5-12(6-9-14)21-20-22(28-27-21)15-3-2-4-16(19(15)23(20)33)26-25(35)30-29-24(34)13-7-10-17(31)18(32)11-13/h2-11,31-32H,1H3,(H,27,28)(H,29,34)(H2,26,30,35). The number of benzene rings is 3. The Morgan fingerprint density at radius 1 is 0.944 bits per heavy atom. The lowest BCUT2D eigenvalue weighted by molar-refractivity contribution is 0.0937. The zero-order chi connectivity index (χ0) is 25.4. The normalized spacial score (nSPS) is 11.4. The fourth-order valence-corrected chi connectivity index (χ4v) is 3.95. The van der Waals surface area contributed by atoms with Crippen LogP contribution in [0, 0.1) is 0 Å². The number of H-pyrrole nitrogens is 1. The van der Waals surface area contributed by atoms with Crippen LogP contribution in [0.1, 0.15) is 26.3 Å². The Hall–Kier alpha value is -5.32. The van der Waals surface area contributed by atoms with E-state index in [0.717, 1.165) is 17.7 Å². The molecule has 3 amide bonds. The molecule has 36 heavy (non-hydrogen) atoms. The second-order valence-corrected chi connectivity index (χ2v) is 7.84. The maximum atomic E-state index is 13.4. The minimum absolute atomic E-state index is 0.0118. The van der Waals surface area contributed by atoms with Gasteiger partial charge in [0.05, 0.1) is 29.6 Å². The van der Waals surface area contributed by atoms with E-state index in [1.165, 1.54) is 6.07 Å². The van der Waals surface area contributed by atoms with Gasteiger partial charge in [-0.1, -0.05) is 12.1 Å². The number of aromatic amines is 1. The molecular weight excluding hydrogens is 466 g/mol. The number of aromatic hydroxyl groups is 2. The topological polar surface area (TPSA) is 166 Å². The van der Waals surface area contributed by atoms with Crippen molar-refractivity contribution < 1.29 is 29.3 Å². The predicted molar refractivity (Wildman–Crippen MR) is 129 cm³/mol. The second kappa shape index (κ2) is 8.80. The number of phenolic OH excluding ortho intramolecular Hbond substituents is 2. The van der Waals surface area contributed by atoms with Gasteiger partial charge in [0, 0.05) is 16.7 Å². The van der Waals surface area contributed by atoms with Gasteiger partial charge in [-0.25, -0.2) is 10.2 Å². The minimum Gasteiger partial charge on any atom is -0.504 e. The van der Waals surface area contributed by atoms with Gasteiger partial charge in [-0.3, -0.25) is 20.1 Å². The summed E-state index contributed by atoms with van der Waals surface area (Å²) in [4.78, 5) is 38.1. The minimum atomic E-state index is -0.797. The number of ketones is 1. The number of carbonyl (C=O) groups is 3. The van der Waals surface area contributed by atoms with Gasteiger partial charge in [-0.2, -0.15) is 5.10 Å². The predicted octanol–water partition coefficient (Wildman–Crippen LogP) is 3.17. The van der Waals surface area contributed by atoms with Gasteiger partial charge in [0.1, 0.15) is 11.4 Å². The molecule has 6 N–H and O–H groups in total. The Morgan fingerprint density at radius 2 is 1.72 bits per heavy atom. The molecule has 0 spiro atoms. The van der Waals surface area contributed by atoms with Crippen molar-refractivity contribution in [1.82, 2.24) is 21.0 Å². The summed E-state index contributed by atoms with van der Waals surface area (Å²) in [5.74, 6) is -1.21. The highest BCUT2D eigenvalue weighted by Crippen LogP contribution is 2.43. The summed E-state index contributed by atoms with van der Waals surface area (Å²) in [5, 5.41) is 28.7. The number of amides is 3. The van der Waals surface area contributed by atoms with Gasteiger partial charge >= 0.3 is 6.03 Å². The van der Waals surface area contributed by atoms with Crippen LogP contribution in [-0.4, -0.2) is 45.2 Å². The second-order valence-electron chi connectivity index (χ2n) is 7.84. The third-order valence-corrected chi connectivity index (χ3v) is 5.69. The molecule has 1 aliphatic rings. The summed E-state index contributed by atoms with van der Waals surface area (Å²) in [6.45, 7) is 0. The van der Waals surface area contributed by atoms with Crippen molar-refractivity contribution in [2.75, 3.05) is 12.4 Å². The van der Waals surface area contributed by atoms with Crippen LogP contribution < -0.4 is 20.9 Å². The van der Waals surface area contributed by atoms with Crippen LogP contribution in [0.2, 0.25) is 0 Å². The number of ether oxygens (including phenoxy) is 1. The molecule has 1 heterocycles. The van der Waals surface area contributed by atoms with Gasteiger partial charge in [-0.15, -0.1) is 0 Å². The first-order valence-electron chi connectivity index (χ1n) is 10.7. The van der Waals surface area contributed by atoms with Gasteiger partial charge in [-0.05, 0) is 48.5 Å². The summed E-state index contributed by atoms with van der Waals surface area (Å²) < 4.78 is 5.19. The number of carbonyl (C=O) groups excluding carboxylic acids is 3. The number of hydrogen-bond donors (Lipinski definition) is 6. The number of nitrogens with zero attached hydrogens (tertiary/aromatic N) is 1. The molecule has 0 fully saturated rings. The highest BCUT2D eigenvalue weighted by Gasteiger charge is 2.35. The molecule has 0 unspecified atom stereocenters. The van der Waals surface area contributed by atoms with Crippen LogP contribution in [0.3, 0.4) is 0 Å². The molecule has 180 valence electrons. The van der Waals surface area contributed by atoms with Crippen molar-refractivity contribution in [3.8, 4) is 39.8 Å². The van der Waals surface area contributed by atoms with Crippen molar-refractivity contribution in [1.29, 1.82) is 0 Å². The lowest BCUT2D eigenvalue weighted by atomic mass is 10.0. The largest absolute Gasteiger partial charge is 0.504 e. The molecule has 3 aromatic carbocycles. The number of fused-ring (bicyclic) bond motifs is 3. The van der Waals surface area contributed by atoms with Gasteiger partial charge < -0.3 is 20.3 Å². The van der Waals surface area contributed by atoms with Crippen molar-refractivity contribution in [3.05, 3.63) is 77.4 Å². The van der Waals surface area contributed by atoms with Crippen LogP contribution in [0.15, 0.2) is 60.7 Å². The Balaban J connectivity index is 1.34. The van der Waals surface area contributed by atoms with E-state index in [4.69, 9.17) is 4.74 Å². The lowest BCUT2D eigenvalue weighted by Gasteiger charge is -2.12. The van der Waals surface area contributed by atoms with E-state index in [0.29, 0.717) is 28.3 Å². The Labute approximate surface area is 203 Å². The molecule has 0 bridgehead atoms. The molecule has 1 aromatic heterocycles. The quantitative estimate of drug-likeness (QED) is 0.168. The number of hydrazine groups is 1. The van der Waals surface area contributed by atoms with Crippen molar-refractivity contribution >= 4 is 23.4 Å². The molecule has 11 heteroatoms. The molecule has 1 aliphatic carbocycles. The molecule has 0 saturated carbocycles. The maximum absolute atomic E-state index is 13.4. The third kappa shape index (κ3) is 3.84. The zero-order valence-electron chi connectivity index (χ0n) is 18.7. The number of rotatable bonds is 4. The lowest BCUT2D eigenvalue weighted by Crippen LogP contribution is -2.44. The summed E-state index contributed by atoms with van der Waals surface area (Å²) in [7, 11) is 1.57. The monoisotopic (exact) mass is 485 g/mol. The van der Waals surface area contributed by atoms with Crippen molar-refractivity contribution in [2.45, 2.75) is 0 Å². The molecule has 0 aliphatic heterocycles. The van der Waals surface area contributed by atoms with E-state index in [2.05, 4.69) is 26.4 Å². The Kier molecular flexibility index (Phi) is 5.49. The van der Waals surface area contributed by atoms with Gasteiger partial charge in [0.2, 0.25) is 0 Å². The van der Waals surface area contributed by atoms with Crippen LogP contribution in [0.5, 0.6) is 17.2 Å². The highest BCUT2D eigenvalue weighted by molar-refractivity contribution is 6.27. The number of phenols is 2. The number of hydrogen-bond acceptors (Lipinski definition) is 7. The van der Waals surface area contributed by atoms with E-state index in [-0.39, 0.29) is 28.3 Å². The van der Waals surface area contributed by atoms with Gasteiger partial charge in [0.15, 0.2) is 17.3 Å². The zero-order valence-corrected chi connectivity index (χ0v) is 18.7. The molecule has 0 atom stereocenters. The number of anilines is 1. The highest BCUT2D eigenvalue weighted by atomic mass is 16.5. The number of aromatic nitrogens is 2. The molecule has 11 nitrogen and oxygen atoms in total. The first kappa shape index (κ1) is 22.5. The smallest absolute Gasteiger partial charge is 0.337 e. The number of nitrogens with one attached hydrogen (secondary N) is 4. The summed E-state index contributed by atoms with van der Waals surface area (Å²) >= 11 is 0. The van der Waals surface area contributed by atoms with E-state index in [1.807, 2.05) is 12.1 Å². The molecular formula is C25H19N5O6. The van der Waals surface area contributed by atoms with E-state index in [9.17, 15) is 24.6 Å². The molecule has 0 radical (unpaired) electrons. The fraction of sp³-hybridized carbons (Fsp3) is 0.0400. The van der Waals surface area contributed by atoms with Crippen LogP contribution >= 0.6 is 0 Å². The first-order chi connectivity index (χ1) is 17.4. The number of methoxy groups -OCH3 is 1. The molecule has 4 aromatic rings. The average molecular weight is 485 g/mol. The average Bonchev–Trinajstić information content (AvgIpc) is 3.44. The maximum Gasteiger partial charge on any atom is 0.337 e. The van der Waals surface area contributed by atoms with E-state index >= 15 is 0 Å². The summed E-state index contributed by atoms with van der Waals surface area (Å²) in [6, 6.07) is 14.8. The van der Waals surface area contributed by atoms with Crippen LogP contribution in [0.25, 0.3) is 22.5 Å².